The second kappa shape index (κ2) is 5.33. The van der Waals surface area contributed by atoms with Gasteiger partial charge in [0, 0.05) is 38.6 Å². The molecule has 25 heavy (non-hydrogen) atoms. The highest BCUT2D eigenvalue weighted by Crippen LogP contribution is 2.59. The molecule has 1 saturated heterocycles. The standard InChI is InChI=1S/C19H25NO5/c1-22-19(23-2)10-18-5-3-6-20(18)7-4-12-8-14-15(25-11-24-14)9-13(12)16(18)17(19)21/h8-9,16-17,21H,3-7,10-11H2,1-2H3/t16-,17-,18+/m1/s1. The average Bonchev–Trinajstić information content (AvgIpc) is 3.28. The van der Waals surface area contributed by atoms with Crippen LogP contribution in [0.3, 0.4) is 0 Å². The van der Waals surface area contributed by atoms with Crippen LogP contribution in [0, 0.1) is 0 Å². The lowest BCUT2D eigenvalue weighted by Gasteiger charge is -2.39. The molecular weight excluding hydrogens is 322 g/mol. The zero-order valence-electron chi connectivity index (χ0n) is 14.8. The Bertz CT molecular complexity index is 703. The maximum Gasteiger partial charge on any atom is 0.231 e. The minimum absolute atomic E-state index is 0.0538. The number of ether oxygens (including phenoxy) is 4. The number of rotatable bonds is 2. The molecule has 0 unspecified atom stereocenters. The highest BCUT2D eigenvalue weighted by Gasteiger charge is 2.66. The fraction of sp³-hybridized carbons (Fsp3) is 0.684. The smallest absolute Gasteiger partial charge is 0.231 e. The summed E-state index contributed by atoms with van der Waals surface area (Å²) in [6, 6.07) is 4.18. The lowest BCUT2D eigenvalue weighted by atomic mass is 9.78. The van der Waals surface area contributed by atoms with Gasteiger partial charge in [0.05, 0.1) is 0 Å². The molecule has 0 amide bonds. The molecule has 1 aromatic rings. The number of aliphatic hydroxyl groups excluding tert-OH is 1. The summed E-state index contributed by atoms with van der Waals surface area (Å²) in [6.07, 6.45) is 3.13. The van der Waals surface area contributed by atoms with Crippen LogP contribution in [0.2, 0.25) is 0 Å². The van der Waals surface area contributed by atoms with Crippen LogP contribution in [-0.2, 0) is 15.9 Å². The summed E-state index contributed by atoms with van der Waals surface area (Å²) >= 11 is 0. The van der Waals surface area contributed by atoms with Gasteiger partial charge in [-0.05, 0) is 49.1 Å². The molecule has 1 saturated carbocycles. The van der Waals surface area contributed by atoms with Gasteiger partial charge in [0.15, 0.2) is 17.3 Å². The Labute approximate surface area is 147 Å². The van der Waals surface area contributed by atoms with Gasteiger partial charge in [-0.15, -0.1) is 0 Å². The molecule has 5 rings (SSSR count). The summed E-state index contributed by atoms with van der Waals surface area (Å²) in [6.45, 7) is 2.32. The Balaban J connectivity index is 1.70. The molecule has 136 valence electrons. The van der Waals surface area contributed by atoms with E-state index < -0.39 is 11.9 Å². The second-order valence-corrected chi connectivity index (χ2v) is 7.67. The van der Waals surface area contributed by atoms with Gasteiger partial charge >= 0.3 is 0 Å². The molecule has 1 aliphatic carbocycles. The molecule has 3 heterocycles. The van der Waals surface area contributed by atoms with Crippen molar-refractivity contribution >= 4 is 0 Å². The van der Waals surface area contributed by atoms with E-state index in [0.717, 1.165) is 49.4 Å². The van der Waals surface area contributed by atoms with Crippen molar-refractivity contribution in [2.45, 2.75) is 49.0 Å². The largest absolute Gasteiger partial charge is 0.454 e. The Morgan fingerprint density at radius 3 is 2.68 bits per heavy atom. The van der Waals surface area contributed by atoms with Crippen molar-refractivity contribution in [1.29, 1.82) is 0 Å². The van der Waals surface area contributed by atoms with Crippen LogP contribution >= 0.6 is 0 Å². The fourth-order valence-corrected chi connectivity index (χ4v) is 5.72. The minimum atomic E-state index is -0.960. The van der Waals surface area contributed by atoms with Crippen molar-refractivity contribution in [2.75, 3.05) is 34.1 Å². The van der Waals surface area contributed by atoms with Crippen LogP contribution in [0.25, 0.3) is 0 Å². The van der Waals surface area contributed by atoms with Crippen molar-refractivity contribution in [2.24, 2.45) is 0 Å². The van der Waals surface area contributed by atoms with Crippen LogP contribution in [-0.4, -0.2) is 61.5 Å². The summed E-state index contributed by atoms with van der Waals surface area (Å²) in [7, 11) is 3.27. The van der Waals surface area contributed by atoms with Gasteiger partial charge in [-0.3, -0.25) is 4.90 Å². The van der Waals surface area contributed by atoms with Crippen molar-refractivity contribution in [3.63, 3.8) is 0 Å². The maximum absolute atomic E-state index is 11.3. The van der Waals surface area contributed by atoms with E-state index in [2.05, 4.69) is 17.0 Å². The predicted octanol–water partition coefficient (Wildman–Crippen LogP) is 1.64. The lowest BCUT2D eigenvalue weighted by molar-refractivity contribution is -0.248. The highest BCUT2D eigenvalue weighted by molar-refractivity contribution is 5.52. The summed E-state index contributed by atoms with van der Waals surface area (Å²) in [5.74, 6) is 0.576. The first-order valence-electron chi connectivity index (χ1n) is 9.09. The Morgan fingerprint density at radius 1 is 1.16 bits per heavy atom. The van der Waals surface area contributed by atoms with Crippen LogP contribution in [0.4, 0.5) is 0 Å². The molecule has 1 N–H and O–H groups in total. The number of fused-ring (bicyclic) bond motifs is 3. The summed E-state index contributed by atoms with van der Waals surface area (Å²) in [5, 5.41) is 11.3. The summed E-state index contributed by atoms with van der Waals surface area (Å²) in [5.41, 5.74) is 2.28. The molecule has 1 spiro atoms. The molecule has 3 atom stereocenters. The molecule has 6 nitrogen and oxygen atoms in total. The third kappa shape index (κ3) is 1.94. The van der Waals surface area contributed by atoms with Gasteiger partial charge in [0.2, 0.25) is 6.79 Å². The average molecular weight is 347 g/mol. The van der Waals surface area contributed by atoms with Crippen molar-refractivity contribution in [3.8, 4) is 11.5 Å². The third-order valence-electron chi connectivity index (χ3n) is 6.88. The molecular formula is C19H25NO5. The van der Waals surface area contributed by atoms with Gasteiger partial charge in [-0.2, -0.15) is 0 Å². The number of hydrogen-bond acceptors (Lipinski definition) is 6. The van der Waals surface area contributed by atoms with E-state index in [1.165, 1.54) is 5.56 Å². The van der Waals surface area contributed by atoms with E-state index >= 15 is 0 Å². The number of aliphatic hydroxyl groups is 1. The van der Waals surface area contributed by atoms with Gasteiger partial charge in [-0.1, -0.05) is 0 Å². The Hall–Kier alpha value is -1.34. The molecule has 0 bridgehead atoms. The molecule has 1 aromatic carbocycles. The first-order valence-corrected chi connectivity index (χ1v) is 9.09. The molecule has 6 heteroatoms. The molecule has 0 radical (unpaired) electrons. The van der Waals surface area contributed by atoms with Crippen LogP contribution in [0.15, 0.2) is 12.1 Å². The van der Waals surface area contributed by atoms with Gasteiger partial charge < -0.3 is 24.1 Å². The Kier molecular flexibility index (Phi) is 3.39. The minimum Gasteiger partial charge on any atom is -0.454 e. The highest BCUT2D eigenvalue weighted by atomic mass is 16.7. The third-order valence-corrected chi connectivity index (χ3v) is 6.88. The summed E-state index contributed by atoms with van der Waals surface area (Å²) < 4.78 is 22.7. The first-order chi connectivity index (χ1) is 12.1. The Morgan fingerprint density at radius 2 is 1.92 bits per heavy atom. The first kappa shape index (κ1) is 15.9. The fourth-order valence-electron chi connectivity index (χ4n) is 5.72. The normalized spacial score (nSPS) is 35.2. The van der Waals surface area contributed by atoms with E-state index in [4.69, 9.17) is 18.9 Å². The van der Waals surface area contributed by atoms with E-state index in [-0.39, 0.29) is 18.2 Å². The number of benzene rings is 1. The van der Waals surface area contributed by atoms with Crippen LogP contribution in [0.1, 0.15) is 36.3 Å². The zero-order valence-corrected chi connectivity index (χ0v) is 14.8. The van der Waals surface area contributed by atoms with E-state index in [9.17, 15) is 5.11 Å². The van der Waals surface area contributed by atoms with Gasteiger partial charge in [0.25, 0.3) is 0 Å². The van der Waals surface area contributed by atoms with E-state index in [1.54, 1.807) is 14.2 Å². The lowest BCUT2D eigenvalue weighted by Crippen LogP contribution is -2.47. The van der Waals surface area contributed by atoms with E-state index in [0.29, 0.717) is 6.42 Å². The van der Waals surface area contributed by atoms with Crippen LogP contribution < -0.4 is 9.47 Å². The van der Waals surface area contributed by atoms with Gasteiger partial charge in [-0.25, -0.2) is 0 Å². The number of hydrogen-bond donors (Lipinski definition) is 1. The second-order valence-electron chi connectivity index (χ2n) is 7.67. The topological polar surface area (TPSA) is 60.4 Å². The molecule has 0 aromatic heterocycles. The maximum atomic E-state index is 11.3. The predicted molar refractivity (Wildman–Crippen MR) is 89.9 cm³/mol. The van der Waals surface area contributed by atoms with E-state index in [1.807, 2.05) is 0 Å². The van der Waals surface area contributed by atoms with Gasteiger partial charge in [0.1, 0.15) is 6.10 Å². The summed E-state index contributed by atoms with van der Waals surface area (Å²) in [4.78, 5) is 2.55. The van der Waals surface area contributed by atoms with Crippen molar-refractivity contribution < 1.29 is 24.1 Å². The zero-order chi connectivity index (χ0) is 17.2. The quantitative estimate of drug-likeness (QED) is 0.821. The molecule has 4 aliphatic rings. The van der Waals surface area contributed by atoms with Crippen LogP contribution in [0.5, 0.6) is 11.5 Å². The number of nitrogens with zero attached hydrogens (tertiary/aromatic N) is 1. The number of methoxy groups -OCH3 is 2. The SMILES string of the molecule is COC1(OC)C[C@]23CCCN2CCc2cc4c(cc2[C@@H]3[C@H]1O)OCO4. The monoisotopic (exact) mass is 347 g/mol. The molecule has 3 aliphatic heterocycles. The molecule has 2 fully saturated rings. The van der Waals surface area contributed by atoms with Crippen molar-refractivity contribution in [1.82, 2.24) is 4.90 Å². The van der Waals surface area contributed by atoms with Crippen molar-refractivity contribution in [3.05, 3.63) is 23.3 Å².